The first kappa shape index (κ1) is 19.2. The monoisotopic (exact) mass is 434 g/mol. The van der Waals surface area contributed by atoms with Crippen molar-refractivity contribution in [2.24, 2.45) is 0 Å². The molecule has 3 aliphatic rings. The van der Waals surface area contributed by atoms with Crippen LogP contribution in [0.2, 0.25) is 5.02 Å². The maximum atomic E-state index is 12.4. The standard InChI is InChI=1S/C26H27ClN2O2/c1-16(30)29-14-23-25(20-8-4-5-9-22(20)28-23)26(15-29)13-21(26)19-11-10-17(27)12-24(19)31-18-6-2-3-7-18/h4-5,8-12,18,21,28H,2-3,6-7,13-15H2,1H3. The minimum absolute atomic E-state index is 0.0690. The van der Waals surface area contributed by atoms with Crippen LogP contribution >= 0.6 is 11.6 Å². The Labute approximate surface area is 187 Å². The summed E-state index contributed by atoms with van der Waals surface area (Å²) in [6, 6.07) is 14.6. The Balaban J connectivity index is 1.44. The first-order valence-electron chi connectivity index (χ1n) is 11.4. The molecular formula is C26H27ClN2O2. The highest BCUT2D eigenvalue weighted by molar-refractivity contribution is 6.30. The van der Waals surface area contributed by atoms with Crippen molar-refractivity contribution < 1.29 is 9.53 Å². The fraction of sp³-hybridized carbons (Fsp3) is 0.423. The Bertz CT molecular complexity index is 1180. The molecule has 2 unspecified atom stereocenters. The molecule has 1 aromatic heterocycles. The van der Waals surface area contributed by atoms with Gasteiger partial charge in [0, 0.05) is 40.5 Å². The smallest absolute Gasteiger partial charge is 0.219 e. The zero-order chi connectivity index (χ0) is 21.2. The third kappa shape index (κ3) is 3.07. The van der Waals surface area contributed by atoms with Crippen molar-refractivity contribution in [2.75, 3.05) is 6.54 Å². The summed E-state index contributed by atoms with van der Waals surface area (Å²) in [7, 11) is 0. The van der Waals surface area contributed by atoms with Gasteiger partial charge < -0.3 is 14.6 Å². The SMILES string of the molecule is CC(=O)N1Cc2[nH]c3ccccc3c2C2(CC2c2ccc(Cl)cc2OC2CCCC2)C1. The van der Waals surface area contributed by atoms with E-state index in [9.17, 15) is 4.79 Å². The number of carbonyl (C=O) groups is 1. The summed E-state index contributed by atoms with van der Waals surface area (Å²) in [5, 5.41) is 2.00. The number of nitrogens with zero attached hydrogens (tertiary/aromatic N) is 1. The van der Waals surface area contributed by atoms with Gasteiger partial charge in [0.1, 0.15) is 5.75 Å². The van der Waals surface area contributed by atoms with E-state index in [0.29, 0.717) is 17.5 Å². The molecule has 1 amide bonds. The number of fused-ring (bicyclic) bond motifs is 4. The lowest BCUT2D eigenvalue weighted by Gasteiger charge is -2.34. The number of nitrogens with one attached hydrogen (secondary N) is 1. The quantitative estimate of drug-likeness (QED) is 0.555. The second kappa shape index (κ2) is 7.03. The largest absolute Gasteiger partial charge is 0.490 e. The Morgan fingerprint density at radius 3 is 2.81 bits per heavy atom. The average molecular weight is 435 g/mol. The summed E-state index contributed by atoms with van der Waals surface area (Å²) < 4.78 is 6.48. The molecule has 31 heavy (non-hydrogen) atoms. The van der Waals surface area contributed by atoms with Gasteiger partial charge in [-0.15, -0.1) is 0 Å². The third-order valence-corrected chi connectivity index (χ3v) is 7.81. The number of aromatic amines is 1. The average Bonchev–Trinajstić information content (AvgIpc) is 3.09. The number of aromatic nitrogens is 1. The second-order valence-electron chi connectivity index (χ2n) is 9.52. The predicted molar refractivity (Wildman–Crippen MR) is 123 cm³/mol. The first-order valence-corrected chi connectivity index (χ1v) is 11.7. The maximum Gasteiger partial charge on any atom is 0.219 e. The molecule has 3 aromatic rings. The van der Waals surface area contributed by atoms with E-state index in [0.717, 1.165) is 37.1 Å². The lowest BCUT2D eigenvalue weighted by atomic mass is 9.85. The zero-order valence-corrected chi connectivity index (χ0v) is 18.5. The van der Waals surface area contributed by atoms with Crippen molar-refractivity contribution in [2.45, 2.75) is 63.0 Å². The molecular weight excluding hydrogens is 408 g/mol. The Morgan fingerprint density at radius 2 is 2.00 bits per heavy atom. The van der Waals surface area contributed by atoms with E-state index >= 15 is 0 Å². The number of H-pyrrole nitrogens is 1. The van der Waals surface area contributed by atoms with E-state index in [4.69, 9.17) is 16.3 Å². The number of benzene rings is 2. The summed E-state index contributed by atoms with van der Waals surface area (Å²) in [5.74, 6) is 1.39. The van der Waals surface area contributed by atoms with Gasteiger partial charge in [0.2, 0.25) is 5.91 Å². The molecule has 6 rings (SSSR count). The molecule has 2 heterocycles. The lowest BCUT2D eigenvalue weighted by molar-refractivity contribution is -0.130. The van der Waals surface area contributed by atoms with Gasteiger partial charge in [-0.05, 0) is 67.3 Å². The van der Waals surface area contributed by atoms with Gasteiger partial charge in [0.15, 0.2) is 0 Å². The highest BCUT2D eigenvalue weighted by Gasteiger charge is 2.61. The predicted octanol–water partition coefficient (Wildman–Crippen LogP) is 5.93. The third-order valence-electron chi connectivity index (χ3n) is 7.57. The number of hydrogen-bond donors (Lipinski definition) is 1. The van der Waals surface area contributed by atoms with Crippen molar-refractivity contribution in [3.63, 3.8) is 0 Å². The molecule has 5 heteroatoms. The Hall–Kier alpha value is -2.46. The molecule has 1 aliphatic heterocycles. The number of para-hydroxylation sites is 1. The van der Waals surface area contributed by atoms with E-state index in [1.165, 1.54) is 35.0 Å². The number of rotatable bonds is 3. The minimum atomic E-state index is -0.0690. The van der Waals surface area contributed by atoms with Crippen molar-refractivity contribution in [1.82, 2.24) is 9.88 Å². The molecule has 2 aromatic carbocycles. The van der Waals surface area contributed by atoms with Crippen LogP contribution in [0.4, 0.5) is 0 Å². The Kier molecular flexibility index (Phi) is 4.36. The molecule has 4 nitrogen and oxygen atoms in total. The summed E-state index contributed by atoms with van der Waals surface area (Å²) in [4.78, 5) is 18.0. The van der Waals surface area contributed by atoms with E-state index < -0.39 is 0 Å². The van der Waals surface area contributed by atoms with E-state index in [2.05, 4.69) is 35.3 Å². The molecule has 0 radical (unpaired) electrons. The Morgan fingerprint density at radius 1 is 1.19 bits per heavy atom. The topological polar surface area (TPSA) is 45.3 Å². The molecule has 0 saturated heterocycles. The van der Waals surface area contributed by atoms with Gasteiger partial charge in [-0.2, -0.15) is 0 Å². The van der Waals surface area contributed by atoms with E-state index in [-0.39, 0.29) is 17.4 Å². The maximum absolute atomic E-state index is 12.4. The number of halogens is 1. The molecule has 160 valence electrons. The fourth-order valence-corrected chi connectivity index (χ4v) is 6.18. The van der Waals surface area contributed by atoms with Gasteiger partial charge in [0.05, 0.1) is 12.6 Å². The molecule has 2 atom stereocenters. The molecule has 0 bridgehead atoms. The van der Waals surface area contributed by atoms with Crippen LogP contribution in [0.25, 0.3) is 10.9 Å². The van der Waals surface area contributed by atoms with Crippen LogP contribution in [0, 0.1) is 0 Å². The van der Waals surface area contributed by atoms with Crippen LogP contribution in [0.1, 0.15) is 61.8 Å². The van der Waals surface area contributed by atoms with Crippen LogP contribution in [0.15, 0.2) is 42.5 Å². The van der Waals surface area contributed by atoms with Gasteiger partial charge in [-0.3, -0.25) is 4.79 Å². The summed E-state index contributed by atoms with van der Waals surface area (Å²) >= 11 is 6.37. The lowest BCUT2D eigenvalue weighted by Crippen LogP contribution is -2.41. The fourth-order valence-electron chi connectivity index (χ4n) is 6.02. The molecule has 2 aliphatic carbocycles. The summed E-state index contributed by atoms with van der Waals surface area (Å²) in [6.07, 6.45) is 6.02. The summed E-state index contributed by atoms with van der Waals surface area (Å²) in [5.41, 5.74) is 4.89. The molecule has 2 saturated carbocycles. The van der Waals surface area contributed by atoms with Gasteiger partial charge in [0.25, 0.3) is 0 Å². The summed E-state index contributed by atoms with van der Waals surface area (Å²) in [6.45, 7) is 3.09. The van der Waals surface area contributed by atoms with Crippen LogP contribution < -0.4 is 4.74 Å². The number of amides is 1. The molecule has 2 fully saturated rings. The number of hydrogen-bond acceptors (Lipinski definition) is 2. The van der Waals surface area contributed by atoms with Gasteiger partial charge in [-0.1, -0.05) is 35.9 Å². The van der Waals surface area contributed by atoms with Crippen LogP contribution in [0.3, 0.4) is 0 Å². The minimum Gasteiger partial charge on any atom is -0.490 e. The van der Waals surface area contributed by atoms with Gasteiger partial charge in [-0.25, -0.2) is 0 Å². The highest BCUT2D eigenvalue weighted by Crippen LogP contribution is 2.65. The van der Waals surface area contributed by atoms with Crippen molar-refractivity contribution in [3.8, 4) is 5.75 Å². The molecule has 1 N–H and O–H groups in total. The van der Waals surface area contributed by atoms with Crippen LogP contribution in [0.5, 0.6) is 5.75 Å². The molecule has 1 spiro atoms. The first-order chi connectivity index (χ1) is 15.0. The normalized spacial score (nSPS) is 25.2. The van der Waals surface area contributed by atoms with Crippen molar-refractivity contribution in [3.05, 3.63) is 64.3 Å². The highest BCUT2D eigenvalue weighted by atomic mass is 35.5. The number of carbonyl (C=O) groups excluding carboxylic acids is 1. The van der Waals surface area contributed by atoms with Crippen molar-refractivity contribution >= 4 is 28.4 Å². The second-order valence-corrected chi connectivity index (χ2v) is 9.95. The van der Waals surface area contributed by atoms with E-state index in [1.807, 2.05) is 17.0 Å². The number of ether oxygens (including phenoxy) is 1. The van der Waals surface area contributed by atoms with E-state index in [1.54, 1.807) is 6.92 Å². The van der Waals surface area contributed by atoms with Gasteiger partial charge >= 0.3 is 0 Å². The van der Waals surface area contributed by atoms with Crippen molar-refractivity contribution in [1.29, 1.82) is 0 Å². The van der Waals surface area contributed by atoms with Crippen LogP contribution in [-0.2, 0) is 16.8 Å². The zero-order valence-electron chi connectivity index (χ0n) is 17.8. The van der Waals surface area contributed by atoms with Crippen LogP contribution in [-0.4, -0.2) is 28.4 Å².